The Morgan fingerprint density at radius 1 is 1.26 bits per heavy atom. The van der Waals surface area contributed by atoms with Crippen LogP contribution in [0.25, 0.3) is 5.69 Å². The molecule has 98 valence electrons. The van der Waals surface area contributed by atoms with E-state index in [1.807, 2.05) is 34.9 Å². The molecule has 3 rings (SSSR count). The summed E-state index contributed by atoms with van der Waals surface area (Å²) in [4.78, 5) is 11.3. The van der Waals surface area contributed by atoms with E-state index in [0.717, 1.165) is 30.8 Å². The lowest BCUT2D eigenvalue weighted by atomic mass is 9.95. The molecule has 2 atom stereocenters. The van der Waals surface area contributed by atoms with Crippen LogP contribution < -0.4 is 0 Å². The number of para-hydroxylation sites is 1. The maximum Gasteiger partial charge on any atom is 0.307 e. The molecule has 1 N–H and O–H groups in total. The molecule has 1 saturated carbocycles. The number of hydrogen-bond acceptors (Lipinski definition) is 3. The SMILES string of the molecule is O=C(O)C1CCCC1c1nncn1-c1ccccc1. The molecule has 0 aliphatic heterocycles. The lowest BCUT2D eigenvalue weighted by Gasteiger charge is -2.16. The van der Waals surface area contributed by atoms with Gasteiger partial charge in [-0.3, -0.25) is 9.36 Å². The van der Waals surface area contributed by atoms with Gasteiger partial charge in [0.05, 0.1) is 5.92 Å². The number of carbonyl (C=O) groups is 1. The fraction of sp³-hybridized carbons (Fsp3) is 0.357. The number of aliphatic carboxylic acids is 1. The second kappa shape index (κ2) is 4.84. The van der Waals surface area contributed by atoms with E-state index in [9.17, 15) is 9.90 Å². The van der Waals surface area contributed by atoms with Crippen LogP contribution in [-0.2, 0) is 4.79 Å². The molecule has 1 aromatic carbocycles. The molecule has 0 spiro atoms. The van der Waals surface area contributed by atoms with Gasteiger partial charge in [0, 0.05) is 11.6 Å². The van der Waals surface area contributed by atoms with E-state index in [4.69, 9.17) is 0 Å². The highest BCUT2D eigenvalue weighted by atomic mass is 16.4. The van der Waals surface area contributed by atoms with Gasteiger partial charge in [-0.05, 0) is 25.0 Å². The molecule has 0 radical (unpaired) electrons. The van der Waals surface area contributed by atoms with E-state index < -0.39 is 5.97 Å². The van der Waals surface area contributed by atoms with Gasteiger partial charge in [0.2, 0.25) is 0 Å². The smallest absolute Gasteiger partial charge is 0.307 e. The summed E-state index contributed by atoms with van der Waals surface area (Å²) in [7, 11) is 0. The standard InChI is InChI=1S/C14H15N3O2/c18-14(19)12-8-4-7-11(12)13-16-15-9-17(13)10-5-2-1-3-6-10/h1-3,5-6,9,11-12H,4,7-8H2,(H,18,19). The molecule has 1 fully saturated rings. The lowest BCUT2D eigenvalue weighted by molar-refractivity contribution is -0.142. The third-order valence-electron chi connectivity index (χ3n) is 3.77. The number of nitrogens with zero attached hydrogens (tertiary/aromatic N) is 3. The molecule has 0 bridgehead atoms. The molecule has 0 saturated heterocycles. The maximum atomic E-state index is 11.3. The number of aromatic nitrogens is 3. The summed E-state index contributed by atoms with van der Waals surface area (Å²) in [6.45, 7) is 0. The van der Waals surface area contributed by atoms with Gasteiger partial charge in [0.1, 0.15) is 12.2 Å². The monoisotopic (exact) mass is 257 g/mol. The average Bonchev–Trinajstić information content (AvgIpc) is 3.08. The topological polar surface area (TPSA) is 68.0 Å². The minimum absolute atomic E-state index is 0.0415. The van der Waals surface area contributed by atoms with Gasteiger partial charge < -0.3 is 5.11 Å². The molecule has 2 unspecified atom stereocenters. The van der Waals surface area contributed by atoms with Crippen LogP contribution in [0, 0.1) is 5.92 Å². The molecule has 2 aromatic rings. The lowest BCUT2D eigenvalue weighted by Crippen LogP contribution is -2.19. The molecular formula is C14H15N3O2. The minimum atomic E-state index is -0.731. The highest BCUT2D eigenvalue weighted by molar-refractivity contribution is 5.71. The van der Waals surface area contributed by atoms with Crippen LogP contribution in [-0.4, -0.2) is 25.8 Å². The molecule has 5 heteroatoms. The average molecular weight is 257 g/mol. The molecular weight excluding hydrogens is 242 g/mol. The number of benzene rings is 1. The van der Waals surface area contributed by atoms with Crippen molar-refractivity contribution >= 4 is 5.97 Å². The fourth-order valence-electron chi connectivity index (χ4n) is 2.85. The van der Waals surface area contributed by atoms with E-state index >= 15 is 0 Å². The van der Waals surface area contributed by atoms with Gasteiger partial charge in [-0.15, -0.1) is 10.2 Å². The Morgan fingerprint density at radius 2 is 2.05 bits per heavy atom. The number of carboxylic acids is 1. The van der Waals surface area contributed by atoms with Crippen LogP contribution in [0.5, 0.6) is 0 Å². The predicted molar refractivity (Wildman–Crippen MR) is 69.1 cm³/mol. The minimum Gasteiger partial charge on any atom is -0.481 e. The van der Waals surface area contributed by atoms with Crippen molar-refractivity contribution in [2.75, 3.05) is 0 Å². The number of carboxylic acid groups (broad SMARTS) is 1. The van der Waals surface area contributed by atoms with Crippen molar-refractivity contribution in [3.05, 3.63) is 42.5 Å². The molecule has 1 aromatic heterocycles. The number of hydrogen-bond donors (Lipinski definition) is 1. The Labute approximate surface area is 110 Å². The van der Waals surface area contributed by atoms with E-state index in [1.54, 1.807) is 6.33 Å². The van der Waals surface area contributed by atoms with Gasteiger partial charge in [-0.25, -0.2) is 0 Å². The summed E-state index contributed by atoms with van der Waals surface area (Å²) in [5, 5.41) is 17.4. The van der Waals surface area contributed by atoms with Gasteiger partial charge in [0.25, 0.3) is 0 Å². The molecule has 1 aliphatic rings. The Morgan fingerprint density at radius 3 is 2.79 bits per heavy atom. The zero-order valence-corrected chi connectivity index (χ0v) is 10.4. The second-order valence-electron chi connectivity index (χ2n) is 4.88. The Bertz CT molecular complexity index is 579. The fourth-order valence-corrected chi connectivity index (χ4v) is 2.85. The summed E-state index contributed by atoms with van der Waals surface area (Å²) >= 11 is 0. The normalized spacial score (nSPS) is 22.5. The number of rotatable bonds is 3. The summed E-state index contributed by atoms with van der Waals surface area (Å²) in [5.41, 5.74) is 0.971. The second-order valence-corrected chi connectivity index (χ2v) is 4.88. The Balaban J connectivity index is 1.99. The van der Waals surface area contributed by atoms with Gasteiger partial charge in [-0.1, -0.05) is 24.6 Å². The summed E-state index contributed by atoms with van der Waals surface area (Å²) in [5.74, 6) is -0.354. The Kier molecular flexibility index (Phi) is 3.03. The highest BCUT2D eigenvalue weighted by Crippen LogP contribution is 2.39. The van der Waals surface area contributed by atoms with Crippen molar-refractivity contribution in [2.45, 2.75) is 25.2 Å². The third kappa shape index (κ3) is 2.12. The molecule has 0 amide bonds. The quantitative estimate of drug-likeness (QED) is 0.915. The zero-order chi connectivity index (χ0) is 13.2. The van der Waals surface area contributed by atoms with Gasteiger partial charge in [0.15, 0.2) is 0 Å². The molecule has 1 aliphatic carbocycles. The largest absolute Gasteiger partial charge is 0.481 e. The van der Waals surface area contributed by atoms with Crippen LogP contribution in [0.1, 0.15) is 31.0 Å². The molecule has 19 heavy (non-hydrogen) atoms. The molecule has 1 heterocycles. The van der Waals surface area contributed by atoms with Crippen molar-refractivity contribution in [3.63, 3.8) is 0 Å². The summed E-state index contributed by atoms with van der Waals surface area (Å²) in [6, 6.07) is 9.78. The summed E-state index contributed by atoms with van der Waals surface area (Å²) < 4.78 is 1.89. The van der Waals surface area contributed by atoms with E-state index in [2.05, 4.69) is 10.2 Å². The van der Waals surface area contributed by atoms with E-state index in [-0.39, 0.29) is 11.8 Å². The highest BCUT2D eigenvalue weighted by Gasteiger charge is 2.37. The van der Waals surface area contributed by atoms with E-state index in [1.165, 1.54) is 0 Å². The maximum absolute atomic E-state index is 11.3. The van der Waals surface area contributed by atoms with Gasteiger partial charge >= 0.3 is 5.97 Å². The third-order valence-corrected chi connectivity index (χ3v) is 3.77. The Hall–Kier alpha value is -2.17. The van der Waals surface area contributed by atoms with Crippen LogP contribution in [0.2, 0.25) is 0 Å². The first-order valence-corrected chi connectivity index (χ1v) is 6.45. The van der Waals surface area contributed by atoms with Crippen LogP contribution in [0.15, 0.2) is 36.7 Å². The first-order chi connectivity index (χ1) is 9.27. The van der Waals surface area contributed by atoms with Crippen molar-refractivity contribution in [2.24, 2.45) is 5.92 Å². The first kappa shape index (κ1) is 11.9. The van der Waals surface area contributed by atoms with Crippen LogP contribution in [0.4, 0.5) is 0 Å². The first-order valence-electron chi connectivity index (χ1n) is 6.45. The predicted octanol–water partition coefficient (Wildman–Crippen LogP) is 2.24. The van der Waals surface area contributed by atoms with Crippen molar-refractivity contribution < 1.29 is 9.90 Å². The van der Waals surface area contributed by atoms with Crippen molar-refractivity contribution in [1.82, 2.24) is 14.8 Å². The summed E-state index contributed by atoms with van der Waals surface area (Å²) in [6.07, 6.45) is 4.18. The zero-order valence-electron chi connectivity index (χ0n) is 10.4. The van der Waals surface area contributed by atoms with Crippen LogP contribution in [0.3, 0.4) is 0 Å². The van der Waals surface area contributed by atoms with Crippen molar-refractivity contribution in [3.8, 4) is 5.69 Å². The van der Waals surface area contributed by atoms with Gasteiger partial charge in [-0.2, -0.15) is 0 Å². The molecule has 5 nitrogen and oxygen atoms in total. The van der Waals surface area contributed by atoms with Crippen molar-refractivity contribution in [1.29, 1.82) is 0 Å². The van der Waals surface area contributed by atoms with Crippen LogP contribution >= 0.6 is 0 Å². The van der Waals surface area contributed by atoms with E-state index in [0.29, 0.717) is 0 Å².